The fourth-order valence-electron chi connectivity index (χ4n) is 2.59. The van der Waals surface area contributed by atoms with E-state index < -0.39 is 0 Å². The topological polar surface area (TPSA) is 59.2 Å². The van der Waals surface area contributed by atoms with Gasteiger partial charge in [-0.25, -0.2) is 4.98 Å². The van der Waals surface area contributed by atoms with Crippen LogP contribution in [0.3, 0.4) is 0 Å². The first kappa shape index (κ1) is 16.9. The second kappa shape index (κ2) is 6.91. The Bertz CT molecular complexity index is 885. The van der Waals surface area contributed by atoms with E-state index in [0.717, 1.165) is 25.9 Å². The normalized spacial score (nSPS) is 11.0. The van der Waals surface area contributed by atoms with E-state index in [1.54, 1.807) is 4.90 Å². The van der Waals surface area contributed by atoms with Crippen LogP contribution >= 0.6 is 27.3 Å². The average Bonchev–Trinajstić information content (AvgIpc) is 2.93. The maximum Gasteiger partial charge on any atom is 0.266 e. The highest BCUT2D eigenvalue weighted by molar-refractivity contribution is 9.10. The van der Waals surface area contributed by atoms with Gasteiger partial charge in [-0.15, -0.1) is 11.3 Å². The summed E-state index contributed by atoms with van der Waals surface area (Å²) in [4.78, 5) is 20.5. The maximum atomic E-state index is 12.6. The molecule has 0 radical (unpaired) electrons. The number of thiophene rings is 1. The van der Waals surface area contributed by atoms with Gasteiger partial charge in [0.15, 0.2) is 0 Å². The number of nitrogens with two attached hydrogens (primary N) is 1. The van der Waals surface area contributed by atoms with Crippen LogP contribution in [-0.2, 0) is 0 Å². The van der Waals surface area contributed by atoms with Gasteiger partial charge in [0.1, 0.15) is 9.71 Å². The molecule has 24 heavy (non-hydrogen) atoms. The first-order valence-electron chi connectivity index (χ1n) is 7.79. The van der Waals surface area contributed by atoms with Crippen LogP contribution < -0.4 is 5.73 Å². The number of carbonyl (C=O) groups excluding carboxylic acids is 1. The molecule has 2 N–H and O–H groups in total. The highest BCUT2D eigenvalue weighted by Crippen LogP contribution is 2.35. The molecule has 1 aromatic carbocycles. The average molecular weight is 404 g/mol. The van der Waals surface area contributed by atoms with Gasteiger partial charge in [-0.05, 0) is 38.1 Å². The number of anilines is 1. The predicted octanol–water partition coefficient (Wildman–Crippen LogP) is 4.79. The van der Waals surface area contributed by atoms with Gasteiger partial charge < -0.3 is 10.6 Å². The minimum absolute atomic E-state index is 0.0225. The third-order valence-electron chi connectivity index (χ3n) is 3.98. The molecule has 0 unspecified atom stereocenters. The van der Waals surface area contributed by atoms with Crippen LogP contribution in [0.2, 0.25) is 0 Å². The summed E-state index contributed by atoms with van der Waals surface area (Å²) in [5, 5.41) is 0.844. The van der Waals surface area contributed by atoms with Crippen molar-refractivity contribution in [2.24, 2.45) is 0 Å². The molecule has 0 aliphatic carbocycles. The Morgan fingerprint density at radius 2 is 1.83 bits per heavy atom. The lowest BCUT2D eigenvalue weighted by Gasteiger charge is -2.17. The van der Waals surface area contributed by atoms with Gasteiger partial charge in [0.25, 0.3) is 5.91 Å². The Morgan fingerprint density at radius 3 is 2.46 bits per heavy atom. The molecule has 0 bridgehead atoms. The molecular formula is C18H18BrN3OS. The van der Waals surface area contributed by atoms with Crippen molar-refractivity contribution in [3.8, 4) is 11.3 Å². The lowest BCUT2D eigenvalue weighted by atomic mass is 10.1. The molecule has 3 aromatic rings. The van der Waals surface area contributed by atoms with Crippen molar-refractivity contribution in [1.29, 1.82) is 0 Å². The number of nitrogens with zero attached hydrogens (tertiary/aromatic N) is 2. The van der Waals surface area contributed by atoms with Crippen LogP contribution in [0.4, 0.5) is 5.69 Å². The summed E-state index contributed by atoms with van der Waals surface area (Å²) in [6.07, 6.45) is 0. The molecule has 1 amide bonds. The molecule has 2 heterocycles. The van der Waals surface area contributed by atoms with Gasteiger partial charge in [0, 0.05) is 28.5 Å². The van der Waals surface area contributed by atoms with E-state index in [0.29, 0.717) is 23.7 Å². The third kappa shape index (κ3) is 3.03. The molecular weight excluding hydrogens is 386 g/mol. The molecule has 0 aliphatic rings. The fraction of sp³-hybridized carbons (Fsp3) is 0.222. The van der Waals surface area contributed by atoms with Crippen LogP contribution in [0.5, 0.6) is 0 Å². The Kier molecular flexibility index (Phi) is 4.87. The van der Waals surface area contributed by atoms with Crippen LogP contribution in [0, 0.1) is 0 Å². The van der Waals surface area contributed by atoms with E-state index in [1.165, 1.54) is 11.3 Å². The molecule has 124 valence electrons. The lowest BCUT2D eigenvalue weighted by molar-refractivity contribution is 0.0779. The van der Waals surface area contributed by atoms with Gasteiger partial charge in [-0.1, -0.05) is 28.1 Å². The van der Waals surface area contributed by atoms with Crippen molar-refractivity contribution in [1.82, 2.24) is 9.88 Å². The quantitative estimate of drug-likeness (QED) is 0.680. The third-order valence-corrected chi connectivity index (χ3v) is 5.61. The van der Waals surface area contributed by atoms with Crippen molar-refractivity contribution in [3.05, 3.63) is 45.7 Å². The van der Waals surface area contributed by atoms with Crippen molar-refractivity contribution >= 4 is 49.1 Å². The van der Waals surface area contributed by atoms with Gasteiger partial charge in [0.2, 0.25) is 0 Å². The number of aromatic nitrogens is 1. The summed E-state index contributed by atoms with van der Waals surface area (Å²) >= 11 is 4.80. The molecule has 3 rings (SSSR count). The zero-order chi connectivity index (χ0) is 17.3. The van der Waals surface area contributed by atoms with E-state index in [4.69, 9.17) is 10.7 Å². The molecule has 6 heteroatoms. The van der Waals surface area contributed by atoms with E-state index in [2.05, 4.69) is 15.9 Å². The van der Waals surface area contributed by atoms with Gasteiger partial charge in [-0.2, -0.15) is 0 Å². The zero-order valence-corrected chi connectivity index (χ0v) is 15.9. The molecule has 0 saturated heterocycles. The number of hydrogen-bond donors (Lipinski definition) is 1. The Hall–Kier alpha value is -1.92. The Balaban J connectivity index is 2.05. The number of hydrogen-bond acceptors (Lipinski definition) is 4. The first-order chi connectivity index (χ1) is 11.5. The second-order valence-corrected chi connectivity index (χ2v) is 7.29. The number of pyridine rings is 1. The van der Waals surface area contributed by atoms with Gasteiger partial charge in [0.05, 0.1) is 11.4 Å². The minimum Gasteiger partial charge on any atom is -0.397 e. The number of rotatable bonds is 4. The molecule has 0 aliphatic heterocycles. The van der Waals surface area contributed by atoms with Crippen LogP contribution in [0.1, 0.15) is 23.5 Å². The van der Waals surface area contributed by atoms with Gasteiger partial charge in [-0.3, -0.25) is 4.79 Å². The highest BCUT2D eigenvalue weighted by atomic mass is 79.9. The van der Waals surface area contributed by atoms with Crippen molar-refractivity contribution < 1.29 is 4.79 Å². The molecule has 4 nitrogen and oxygen atoms in total. The summed E-state index contributed by atoms with van der Waals surface area (Å²) in [5.41, 5.74) is 8.65. The summed E-state index contributed by atoms with van der Waals surface area (Å²) in [6.45, 7) is 5.27. The molecule has 0 spiro atoms. The molecule has 2 aromatic heterocycles. The van der Waals surface area contributed by atoms with Crippen LogP contribution in [0.25, 0.3) is 21.5 Å². The fourth-order valence-corrected chi connectivity index (χ4v) is 3.92. The maximum absolute atomic E-state index is 12.6. The summed E-state index contributed by atoms with van der Waals surface area (Å²) < 4.78 is 1.03. The summed E-state index contributed by atoms with van der Waals surface area (Å²) in [5.74, 6) is -0.0225. The number of amides is 1. The van der Waals surface area contributed by atoms with E-state index in [1.807, 2.05) is 50.2 Å². The van der Waals surface area contributed by atoms with E-state index in [-0.39, 0.29) is 5.91 Å². The smallest absolute Gasteiger partial charge is 0.266 e. The first-order valence-corrected chi connectivity index (χ1v) is 9.40. The molecule has 0 fully saturated rings. The number of fused-ring (bicyclic) bond motifs is 1. The van der Waals surface area contributed by atoms with Gasteiger partial charge >= 0.3 is 0 Å². The second-order valence-electron chi connectivity index (χ2n) is 5.38. The van der Waals surface area contributed by atoms with E-state index in [9.17, 15) is 4.79 Å². The Morgan fingerprint density at radius 1 is 1.17 bits per heavy atom. The number of benzene rings is 1. The van der Waals surface area contributed by atoms with Crippen LogP contribution in [-0.4, -0.2) is 28.9 Å². The highest BCUT2D eigenvalue weighted by Gasteiger charge is 2.21. The summed E-state index contributed by atoms with van der Waals surface area (Å²) in [6, 6.07) is 11.9. The predicted molar refractivity (Wildman–Crippen MR) is 104 cm³/mol. The Labute approximate surface area is 153 Å². The summed E-state index contributed by atoms with van der Waals surface area (Å²) in [7, 11) is 0. The van der Waals surface area contributed by atoms with Crippen LogP contribution in [0.15, 0.2) is 40.9 Å². The molecule has 0 saturated carbocycles. The monoisotopic (exact) mass is 403 g/mol. The van der Waals surface area contributed by atoms with Crippen molar-refractivity contribution in [2.75, 3.05) is 18.8 Å². The van der Waals surface area contributed by atoms with Crippen molar-refractivity contribution in [3.63, 3.8) is 0 Å². The number of nitrogen functional groups attached to an aromatic ring is 1. The SMILES string of the molecule is CCN(CC)C(=O)c1sc2nc(-c3ccc(Br)cc3)ccc2c1N. The molecule has 0 atom stereocenters. The zero-order valence-electron chi connectivity index (χ0n) is 13.5. The lowest BCUT2D eigenvalue weighted by Crippen LogP contribution is -2.30. The minimum atomic E-state index is -0.0225. The standard InChI is InChI=1S/C18H18BrN3OS/c1-3-22(4-2)18(23)16-15(20)13-9-10-14(21-17(13)24-16)11-5-7-12(19)8-6-11/h5-10H,3-4,20H2,1-2H3. The number of carbonyl (C=O) groups is 1. The van der Waals surface area contributed by atoms with E-state index >= 15 is 0 Å². The van der Waals surface area contributed by atoms with Crippen molar-refractivity contribution in [2.45, 2.75) is 13.8 Å². The number of halogens is 1. The largest absolute Gasteiger partial charge is 0.397 e.